The summed E-state index contributed by atoms with van der Waals surface area (Å²) in [5, 5.41) is 5.92. The Kier molecular flexibility index (Phi) is 5.37. The van der Waals surface area contributed by atoms with Crippen LogP contribution in [0.2, 0.25) is 0 Å². The van der Waals surface area contributed by atoms with E-state index in [-0.39, 0.29) is 11.7 Å². The SMILES string of the molecule is Cc1nc(-c2cccs2)c(CCC(=O)NCc2ccc(F)cc2)s1. The van der Waals surface area contributed by atoms with Crippen LogP contribution in [0.1, 0.15) is 21.9 Å². The maximum atomic E-state index is 12.9. The van der Waals surface area contributed by atoms with E-state index in [4.69, 9.17) is 0 Å². The number of carbonyl (C=O) groups is 1. The first-order chi connectivity index (χ1) is 11.6. The molecule has 0 radical (unpaired) electrons. The van der Waals surface area contributed by atoms with E-state index in [0.29, 0.717) is 19.4 Å². The third kappa shape index (κ3) is 4.27. The van der Waals surface area contributed by atoms with Gasteiger partial charge in [-0.15, -0.1) is 22.7 Å². The van der Waals surface area contributed by atoms with Crippen molar-refractivity contribution >= 4 is 28.6 Å². The number of benzene rings is 1. The van der Waals surface area contributed by atoms with Crippen molar-refractivity contribution < 1.29 is 9.18 Å². The molecule has 2 aromatic heterocycles. The molecule has 0 spiro atoms. The molecule has 124 valence electrons. The predicted octanol–water partition coefficient (Wildman–Crippen LogP) is 4.57. The number of nitrogens with one attached hydrogen (secondary N) is 1. The fourth-order valence-corrected chi connectivity index (χ4v) is 4.12. The van der Waals surface area contributed by atoms with Crippen molar-refractivity contribution in [1.29, 1.82) is 0 Å². The molecule has 24 heavy (non-hydrogen) atoms. The van der Waals surface area contributed by atoms with Gasteiger partial charge in [-0.2, -0.15) is 0 Å². The number of aryl methyl sites for hydroxylation is 2. The Morgan fingerprint density at radius 2 is 2.04 bits per heavy atom. The van der Waals surface area contributed by atoms with Crippen LogP contribution in [-0.2, 0) is 17.8 Å². The molecule has 2 heterocycles. The molecule has 0 unspecified atom stereocenters. The van der Waals surface area contributed by atoms with Crippen LogP contribution in [0.15, 0.2) is 41.8 Å². The summed E-state index contributed by atoms with van der Waals surface area (Å²) in [7, 11) is 0. The lowest BCUT2D eigenvalue weighted by Crippen LogP contribution is -2.22. The van der Waals surface area contributed by atoms with E-state index in [0.717, 1.165) is 26.0 Å². The zero-order valence-electron chi connectivity index (χ0n) is 13.2. The smallest absolute Gasteiger partial charge is 0.220 e. The number of hydrogen-bond donors (Lipinski definition) is 1. The minimum Gasteiger partial charge on any atom is -0.352 e. The Morgan fingerprint density at radius 3 is 2.75 bits per heavy atom. The average Bonchev–Trinajstić information content (AvgIpc) is 3.21. The molecule has 1 aromatic carbocycles. The van der Waals surface area contributed by atoms with Crippen molar-refractivity contribution in [3.63, 3.8) is 0 Å². The van der Waals surface area contributed by atoms with E-state index < -0.39 is 0 Å². The Bertz CT molecular complexity index is 810. The summed E-state index contributed by atoms with van der Waals surface area (Å²) in [6, 6.07) is 10.2. The number of amides is 1. The van der Waals surface area contributed by atoms with Gasteiger partial charge in [0.05, 0.1) is 15.6 Å². The van der Waals surface area contributed by atoms with Gasteiger partial charge in [0.25, 0.3) is 0 Å². The van der Waals surface area contributed by atoms with Gasteiger partial charge in [0.1, 0.15) is 5.82 Å². The molecule has 1 N–H and O–H groups in total. The molecule has 0 fully saturated rings. The first-order valence-corrected chi connectivity index (χ1v) is 9.33. The second kappa shape index (κ2) is 7.68. The van der Waals surface area contributed by atoms with Gasteiger partial charge in [0, 0.05) is 17.8 Å². The van der Waals surface area contributed by atoms with Gasteiger partial charge in [-0.25, -0.2) is 9.37 Å². The van der Waals surface area contributed by atoms with Crippen molar-refractivity contribution in [3.05, 3.63) is 63.0 Å². The summed E-state index contributed by atoms with van der Waals surface area (Å²) in [5.74, 6) is -0.283. The van der Waals surface area contributed by atoms with Crippen LogP contribution in [-0.4, -0.2) is 10.9 Å². The minimum absolute atomic E-state index is 0.0116. The standard InChI is InChI=1S/C18H17FN2OS2/c1-12-21-18(15-3-2-10-23-15)16(24-12)8-9-17(22)20-11-13-4-6-14(19)7-5-13/h2-7,10H,8-9,11H2,1H3,(H,20,22). The molecule has 0 saturated carbocycles. The van der Waals surface area contributed by atoms with Gasteiger partial charge in [-0.05, 0) is 42.5 Å². The van der Waals surface area contributed by atoms with Crippen molar-refractivity contribution in [3.8, 4) is 10.6 Å². The topological polar surface area (TPSA) is 42.0 Å². The number of rotatable bonds is 6. The van der Waals surface area contributed by atoms with Gasteiger partial charge in [0.2, 0.25) is 5.91 Å². The molecule has 3 nitrogen and oxygen atoms in total. The molecular weight excluding hydrogens is 343 g/mol. The molecule has 0 bridgehead atoms. The molecule has 0 aliphatic rings. The third-order valence-corrected chi connectivity index (χ3v) is 5.45. The summed E-state index contributed by atoms with van der Waals surface area (Å²) in [6.45, 7) is 2.40. The predicted molar refractivity (Wildman–Crippen MR) is 96.7 cm³/mol. The molecule has 0 aliphatic heterocycles. The number of carbonyl (C=O) groups excluding carboxylic acids is 1. The van der Waals surface area contributed by atoms with E-state index in [1.54, 1.807) is 34.8 Å². The molecule has 0 atom stereocenters. The van der Waals surface area contributed by atoms with Crippen molar-refractivity contribution in [1.82, 2.24) is 10.3 Å². The number of thiazole rings is 1. The number of nitrogens with zero attached hydrogens (tertiary/aromatic N) is 1. The number of thiophene rings is 1. The highest BCUT2D eigenvalue weighted by Crippen LogP contribution is 2.31. The number of aromatic nitrogens is 1. The van der Waals surface area contributed by atoms with E-state index >= 15 is 0 Å². The Hall–Kier alpha value is -2.05. The highest BCUT2D eigenvalue weighted by molar-refractivity contribution is 7.15. The van der Waals surface area contributed by atoms with Crippen molar-refractivity contribution in [2.24, 2.45) is 0 Å². The summed E-state index contributed by atoms with van der Waals surface area (Å²) < 4.78 is 12.9. The normalized spacial score (nSPS) is 10.8. The number of halogens is 1. The van der Waals surface area contributed by atoms with Gasteiger partial charge in [0.15, 0.2) is 0 Å². The molecule has 0 aliphatic carbocycles. The quantitative estimate of drug-likeness (QED) is 0.700. The van der Waals surface area contributed by atoms with Crippen LogP contribution in [0.5, 0.6) is 0 Å². The van der Waals surface area contributed by atoms with E-state index in [2.05, 4.69) is 16.4 Å². The maximum absolute atomic E-state index is 12.9. The minimum atomic E-state index is -0.272. The second-order valence-corrected chi connectivity index (χ2v) is 7.62. The van der Waals surface area contributed by atoms with Gasteiger partial charge in [-0.1, -0.05) is 18.2 Å². The summed E-state index contributed by atoms with van der Waals surface area (Å²) >= 11 is 3.30. The Labute approximate surface area is 148 Å². The highest BCUT2D eigenvalue weighted by Gasteiger charge is 2.13. The van der Waals surface area contributed by atoms with Crippen LogP contribution in [0.25, 0.3) is 10.6 Å². The Balaban J connectivity index is 1.56. The molecule has 3 aromatic rings. The maximum Gasteiger partial charge on any atom is 0.220 e. The summed E-state index contributed by atoms with van der Waals surface area (Å²) in [6.07, 6.45) is 1.09. The van der Waals surface area contributed by atoms with Crippen molar-refractivity contribution in [2.45, 2.75) is 26.3 Å². The fourth-order valence-electron chi connectivity index (χ4n) is 2.36. The lowest BCUT2D eigenvalue weighted by atomic mass is 10.2. The number of hydrogen-bond acceptors (Lipinski definition) is 4. The van der Waals surface area contributed by atoms with Gasteiger partial charge in [-0.3, -0.25) is 4.79 Å². The molecule has 3 rings (SSSR count). The molecular formula is C18H17FN2OS2. The first kappa shape index (κ1) is 16.8. The monoisotopic (exact) mass is 360 g/mol. The van der Waals surface area contributed by atoms with Crippen molar-refractivity contribution in [2.75, 3.05) is 0 Å². The van der Waals surface area contributed by atoms with Crippen LogP contribution < -0.4 is 5.32 Å². The van der Waals surface area contributed by atoms with Gasteiger partial charge < -0.3 is 5.32 Å². The molecule has 0 saturated heterocycles. The van der Waals surface area contributed by atoms with Crippen LogP contribution >= 0.6 is 22.7 Å². The molecule has 6 heteroatoms. The highest BCUT2D eigenvalue weighted by atomic mass is 32.1. The average molecular weight is 360 g/mol. The first-order valence-electron chi connectivity index (χ1n) is 7.63. The largest absolute Gasteiger partial charge is 0.352 e. The molecule has 1 amide bonds. The van der Waals surface area contributed by atoms with E-state index in [9.17, 15) is 9.18 Å². The van der Waals surface area contributed by atoms with E-state index in [1.807, 2.05) is 18.4 Å². The second-order valence-electron chi connectivity index (χ2n) is 5.39. The third-order valence-electron chi connectivity index (χ3n) is 3.54. The van der Waals surface area contributed by atoms with E-state index in [1.165, 1.54) is 12.1 Å². The summed E-state index contributed by atoms with van der Waals surface area (Å²) in [4.78, 5) is 18.9. The van der Waals surface area contributed by atoms with Gasteiger partial charge >= 0.3 is 0 Å². The zero-order valence-corrected chi connectivity index (χ0v) is 14.8. The lowest BCUT2D eigenvalue weighted by molar-refractivity contribution is -0.121. The lowest BCUT2D eigenvalue weighted by Gasteiger charge is -2.05. The van der Waals surface area contributed by atoms with Crippen LogP contribution in [0, 0.1) is 12.7 Å². The van der Waals surface area contributed by atoms with Crippen LogP contribution in [0.3, 0.4) is 0 Å². The Morgan fingerprint density at radius 1 is 1.25 bits per heavy atom. The van der Waals surface area contributed by atoms with Crippen LogP contribution in [0.4, 0.5) is 4.39 Å². The fraction of sp³-hybridized carbons (Fsp3) is 0.222. The summed E-state index contributed by atoms with van der Waals surface area (Å²) in [5.41, 5.74) is 1.89. The zero-order chi connectivity index (χ0) is 16.9.